The second-order valence-corrected chi connectivity index (χ2v) is 11.9. The number of hydrogen-bond acceptors (Lipinski definition) is 7. The van der Waals surface area contributed by atoms with Gasteiger partial charge in [0, 0.05) is 22.3 Å². The van der Waals surface area contributed by atoms with Crippen LogP contribution in [0.1, 0.15) is 15.9 Å². The number of anilines is 1. The summed E-state index contributed by atoms with van der Waals surface area (Å²) < 4.78 is 37.6. The van der Waals surface area contributed by atoms with Crippen molar-refractivity contribution in [3.63, 3.8) is 0 Å². The molecule has 4 aromatic rings. The third-order valence-corrected chi connectivity index (χ3v) is 6.82. The van der Waals surface area contributed by atoms with Gasteiger partial charge in [0.25, 0.3) is 11.8 Å². The molecule has 2 amide bonds. The van der Waals surface area contributed by atoms with Crippen LogP contribution in [0.15, 0.2) is 83.3 Å². The smallest absolute Gasteiger partial charge is 0.484 e. The highest BCUT2D eigenvalue weighted by Crippen LogP contribution is 2.47. The van der Waals surface area contributed by atoms with E-state index in [4.69, 9.17) is 24.3 Å². The molecule has 42 heavy (non-hydrogen) atoms. The number of benzene rings is 4. The van der Waals surface area contributed by atoms with Gasteiger partial charge in [0.05, 0.1) is 0 Å². The molecule has 0 aliphatic carbocycles. The zero-order valence-electron chi connectivity index (χ0n) is 21.3. The van der Waals surface area contributed by atoms with Crippen molar-refractivity contribution >= 4 is 59.8 Å². The Morgan fingerprint density at radius 2 is 1.48 bits per heavy atom. The molecule has 0 spiro atoms. The standard InChI is InChI=1S/C26H23BrN2O11P2/c27-20-2-1-3-21(13-20)29-26(31)19-6-5-18-12-22(8-7-17(18)11-19)38-15-25(30)28-14-16-4-9-23(39-41(32,33)34)24(10-16)40-42(35,36)37/h1-13H,14-15H2,(H,28,30)(H,29,31)(H2,32,33,34)(H2,35,36,37). The Labute approximate surface area is 247 Å². The van der Waals surface area contributed by atoms with Crippen molar-refractivity contribution in [3.8, 4) is 17.2 Å². The van der Waals surface area contributed by atoms with Crippen LogP contribution in [0.25, 0.3) is 10.8 Å². The minimum absolute atomic E-state index is 0.127. The lowest BCUT2D eigenvalue weighted by atomic mass is 10.1. The highest BCUT2D eigenvalue weighted by molar-refractivity contribution is 9.10. The van der Waals surface area contributed by atoms with Crippen LogP contribution in [0, 0.1) is 0 Å². The van der Waals surface area contributed by atoms with E-state index >= 15 is 0 Å². The Morgan fingerprint density at radius 1 is 0.786 bits per heavy atom. The largest absolute Gasteiger partial charge is 0.524 e. The molecule has 0 bridgehead atoms. The summed E-state index contributed by atoms with van der Waals surface area (Å²) >= 11 is 3.37. The molecule has 0 atom stereocenters. The number of nitrogens with one attached hydrogen (secondary N) is 2. The van der Waals surface area contributed by atoms with E-state index in [0.717, 1.165) is 27.4 Å². The Balaban J connectivity index is 1.34. The fourth-order valence-electron chi connectivity index (χ4n) is 3.69. The van der Waals surface area contributed by atoms with E-state index in [2.05, 4.69) is 35.6 Å². The van der Waals surface area contributed by atoms with Crippen molar-refractivity contribution < 1.29 is 52.1 Å². The van der Waals surface area contributed by atoms with Crippen molar-refractivity contribution in [2.24, 2.45) is 0 Å². The second kappa shape index (κ2) is 13.1. The molecule has 0 saturated heterocycles. The molecule has 4 rings (SSSR count). The van der Waals surface area contributed by atoms with E-state index in [9.17, 15) is 18.7 Å². The molecular formula is C26H23BrN2O11P2. The van der Waals surface area contributed by atoms with Crippen LogP contribution in [0.4, 0.5) is 5.69 Å². The quantitative estimate of drug-likeness (QED) is 0.122. The van der Waals surface area contributed by atoms with Gasteiger partial charge in [-0.05, 0) is 70.9 Å². The number of halogens is 1. The summed E-state index contributed by atoms with van der Waals surface area (Å²) in [6.45, 7) is -0.484. The minimum Gasteiger partial charge on any atom is -0.484 e. The molecule has 0 radical (unpaired) electrons. The van der Waals surface area contributed by atoms with Crippen LogP contribution in [-0.4, -0.2) is 38.0 Å². The van der Waals surface area contributed by atoms with Gasteiger partial charge in [0.15, 0.2) is 18.1 Å². The minimum atomic E-state index is -5.09. The van der Waals surface area contributed by atoms with Crippen molar-refractivity contribution in [1.82, 2.24) is 5.32 Å². The predicted octanol–water partition coefficient (Wildman–Crippen LogP) is 4.49. The molecule has 13 nitrogen and oxygen atoms in total. The third kappa shape index (κ3) is 9.40. The number of amides is 2. The lowest BCUT2D eigenvalue weighted by Gasteiger charge is -2.15. The predicted molar refractivity (Wildman–Crippen MR) is 155 cm³/mol. The van der Waals surface area contributed by atoms with Crippen LogP contribution >= 0.6 is 31.6 Å². The molecule has 0 heterocycles. The van der Waals surface area contributed by atoms with E-state index in [0.29, 0.717) is 17.0 Å². The molecule has 6 N–H and O–H groups in total. The number of carbonyl (C=O) groups excluding carboxylic acids is 2. The van der Waals surface area contributed by atoms with Gasteiger partial charge in [-0.3, -0.25) is 29.2 Å². The van der Waals surface area contributed by atoms with Gasteiger partial charge in [0.1, 0.15) is 5.75 Å². The fourth-order valence-corrected chi connectivity index (χ4v) is 4.90. The average Bonchev–Trinajstić information content (AvgIpc) is 2.90. The molecule has 0 aliphatic heterocycles. The van der Waals surface area contributed by atoms with Gasteiger partial charge in [-0.1, -0.05) is 40.2 Å². The number of phosphoric ester groups is 2. The Hall–Kier alpha value is -3.74. The topological polar surface area (TPSA) is 201 Å². The maximum Gasteiger partial charge on any atom is 0.524 e. The Kier molecular flexibility index (Phi) is 9.70. The summed E-state index contributed by atoms with van der Waals surface area (Å²) in [4.78, 5) is 61.1. The normalized spacial score (nSPS) is 11.5. The number of phosphoric acid groups is 2. The first-order chi connectivity index (χ1) is 19.7. The van der Waals surface area contributed by atoms with Gasteiger partial charge < -0.3 is 24.4 Å². The number of carbonyl (C=O) groups is 2. The summed E-state index contributed by atoms with van der Waals surface area (Å²) in [6.07, 6.45) is 0. The van der Waals surface area contributed by atoms with E-state index in [-0.39, 0.29) is 24.6 Å². The number of rotatable bonds is 11. The summed E-state index contributed by atoms with van der Waals surface area (Å²) in [7, 11) is -10.1. The zero-order chi connectivity index (χ0) is 30.5. The summed E-state index contributed by atoms with van der Waals surface area (Å²) in [5, 5.41) is 6.96. The number of ether oxygens (including phenoxy) is 1. The summed E-state index contributed by atoms with van der Waals surface area (Å²) in [5.41, 5.74) is 1.40. The van der Waals surface area contributed by atoms with Gasteiger partial charge in [0.2, 0.25) is 0 Å². The average molecular weight is 681 g/mol. The first kappa shape index (κ1) is 31.2. The molecule has 0 aromatic heterocycles. The van der Waals surface area contributed by atoms with Crippen LogP contribution in [-0.2, 0) is 20.5 Å². The number of fused-ring (bicyclic) bond motifs is 1. The SMILES string of the molecule is O=C(COc1ccc2cc(C(=O)Nc3cccc(Br)c3)ccc2c1)NCc1ccc(OP(=O)(O)O)c(OP(=O)(O)O)c1. The lowest BCUT2D eigenvalue weighted by Crippen LogP contribution is -2.28. The zero-order valence-corrected chi connectivity index (χ0v) is 24.7. The highest BCUT2D eigenvalue weighted by atomic mass is 79.9. The van der Waals surface area contributed by atoms with Gasteiger partial charge in [-0.25, -0.2) is 9.13 Å². The first-order valence-corrected chi connectivity index (χ1v) is 15.7. The molecule has 0 fully saturated rings. The van der Waals surface area contributed by atoms with E-state index < -0.39 is 33.1 Å². The van der Waals surface area contributed by atoms with Gasteiger partial charge in [-0.15, -0.1) is 0 Å². The first-order valence-electron chi connectivity index (χ1n) is 11.9. The van der Waals surface area contributed by atoms with Crippen LogP contribution in [0.3, 0.4) is 0 Å². The van der Waals surface area contributed by atoms with Gasteiger partial charge >= 0.3 is 15.6 Å². The highest BCUT2D eigenvalue weighted by Gasteiger charge is 2.24. The maximum absolute atomic E-state index is 12.7. The van der Waals surface area contributed by atoms with E-state index in [1.54, 1.807) is 48.5 Å². The van der Waals surface area contributed by atoms with E-state index in [1.807, 2.05) is 12.1 Å². The molecule has 0 aliphatic rings. The molecule has 220 valence electrons. The van der Waals surface area contributed by atoms with Gasteiger partial charge in [-0.2, -0.15) is 0 Å². The molecule has 4 aromatic carbocycles. The Bertz CT molecular complexity index is 1740. The monoisotopic (exact) mass is 680 g/mol. The second-order valence-electron chi connectivity index (χ2n) is 8.70. The molecule has 16 heteroatoms. The molecule has 0 saturated carbocycles. The van der Waals surface area contributed by atoms with Crippen molar-refractivity contribution in [2.75, 3.05) is 11.9 Å². The summed E-state index contributed by atoms with van der Waals surface area (Å²) in [6, 6.07) is 20.9. The number of hydrogen-bond donors (Lipinski definition) is 6. The van der Waals surface area contributed by atoms with Crippen LogP contribution in [0.5, 0.6) is 17.2 Å². The van der Waals surface area contributed by atoms with Crippen molar-refractivity contribution in [1.29, 1.82) is 0 Å². The van der Waals surface area contributed by atoms with Crippen LogP contribution in [0.2, 0.25) is 0 Å². The lowest BCUT2D eigenvalue weighted by molar-refractivity contribution is -0.123. The van der Waals surface area contributed by atoms with Crippen LogP contribution < -0.4 is 24.4 Å². The molecule has 0 unspecified atom stereocenters. The fraction of sp³-hybridized carbons (Fsp3) is 0.0769. The van der Waals surface area contributed by atoms with Crippen molar-refractivity contribution in [3.05, 3.63) is 94.5 Å². The third-order valence-electron chi connectivity index (χ3n) is 5.46. The van der Waals surface area contributed by atoms with Crippen molar-refractivity contribution in [2.45, 2.75) is 6.54 Å². The summed E-state index contributed by atoms with van der Waals surface area (Å²) in [5.74, 6) is -1.61. The Morgan fingerprint density at radius 3 is 2.19 bits per heavy atom. The molecular weight excluding hydrogens is 658 g/mol. The maximum atomic E-state index is 12.7. The van der Waals surface area contributed by atoms with E-state index in [1.165, 1.54) is 6.07 Å².